The molecule has 4 heteroatoms. The minimum atomic E-state index is -3.00. The van der Waals surface area contributed by atoms with E-state index in [9.17, 15) is 8.42 Å². The van der Waals surface area contributed by atoms with E-state index >= 15 is 0 Å². The number of hydrogen-bond donors (Lipinski definition) is 0. The highest BCUT2D eigenvalue weighted by Gasteiger charge is 2.33. The van der Waals surface area contributed by atoms with Crippen LogP contribution in [0.2, 0.25) is 0 Å². The van der Waals surface area contributed by atoms with Crippen molar-refractivity contribution >= 4 is 15.5 Å². The van der Waals surface area contributed by atoms with E-state index < -0.39 is 14.6 Å². The third kappa shape index (κ3) is 5.57. The quantitative estimate of drug-likeness (QED) is 0.522. The molecular formula is C28H39NO2S. The summed E-state index contributed by atoms with van der Waals surface area (Å²) in [7, 11) is -3.00. The minimum Gasteiger partial charge on any atom is -0.367 e. The van der Waals surface area contributed by atoms with E-state index in [0.29, 0.717) is 11.7 Å². The van der Waals surface area contributed by atoms with E-state index in [4.69, 9.17) is 0 Å². The first-order valence-electron chi connectivity index (χ1n) is 12.3. The highest BCUT2D eigenvalue weighted by atomic mass is 32.2. The maximum absolute atomic E-state index is 12.5. The van der Waals surface area contributed by atoms with Crippen LogP contribution in [0.5, 0.6) is 0 Å². The fourth-order valence-electron chi connectivity index (χ4n) is 5.21. The fraction of sp³-hybridized carbons (Fsp3) is 0.571. The first-order valence-corrected chi connectivity index (χ1v) is 14.0. The Morgan fingerprint density at radius 3 is 2.16 bits per heavy atom. The molecule has 4 rings (SSSR count). The molecule has 174 valence electrons. The average molecular weight is 454 g/mol. The average Bonchev–Trinajstić information content (AvgIpc) is 2.78. The second kappa shape index (κ2) is 9.59. The van der Waals surface area contributed by atoms with Crippen molar-refractivity contribution in [1.82, 2.24) is 0 Å². The molecule has 3 nitrogen and oxygen atoms in total. The molecule has 1 heterocycles. The number of rotatable bonds is 6. The zero-order chi connectivity index (χ0) is 22.8. The van der Waals surface area contributed by atoms with Crippen LogP contribution in [0.15, 0.2) is 48.5 Å². The van der Waals surface area contributed by atoms with E-state index in [0.717, 1.165) is 44.7 Å². The molecule has 0 atom stereocenters. The van der Waals surface area contributed by atoms with E-state index in [1.807, 2.05) is 20.8 Å². The molecule has 0 radical (unpaired) electrons. The van der Waals surface area contributed by atoms with Crippen molar-refractivity contribution in [2.24, 2.45) is 11.8 Å². The maximum Gasteiger partial charge on any atom is 0.155 e. The van der Waals surface area contributed by atoms with Gasteiger partial charge in [0.05, 0.1) is 10.5 Å². The third-order valence-electron chi connectivity index (χ3n) is 7.63. The van der Waals surface area contributed by atoms with Crippen LogP contribution in [-0.2, 0) is 29.2 Å². The Balaban J connectivity index is 1.24. The first-order chi connectivity index (χ1) is 15.2. The zero-order valence-corrected chi connectivity index (χ0v) is 20.8. The van der Waals surface area contributed by atoms with Gasteiger partial charge in [-0.3, -0.25) is 0 Å². The molecule has 0 amide bonds. The molecule has 2 aliphatic rings. The smallest absolute Gasteiger partial charge is 0.155 e. The van der Waals surface area contributed by atoms with Gasteiger partial charge in [0.1, 0.15) is 0 Å². The molecule has 2 aromatic carbocycles. The van der Waals surface area contributed by atoms with Gasteiger partial charge in [0.2, 0.25) is 0 Å². The molecule has 0 unspecified atom stereocenters. The molecule has 1 aliphatic carbocycles. The standard InChI is InChI=1S/C28H39NO2S/c1-28(2,3)32(30,31)21-24-12-10-22(11-13-24)8-9-23-14-16-27(17-15-23)29-19-18-25-6-4-5-7-26(25)20-29/h4-7,14-17,22,24H,8-13,18-21H2,1-3H3. The molecule has 1 aliphatic heterocycles. The monoisotopic (exact) mass is 453 g/mol. The lowest BCUT2D eigenvalue weighted by Crippen LogP contribution is -2.34. The number of hydrogen-bond acceptors (Lipinski definition) is 3. The van der Waals surface area contributed by atoms with Gasteiger partial charge in [-0.25, -0.2) is 8.42 Å². The van der Waals surface area contributed by atoms with Gasteiger partial charge >= 0.3 is 0 Å². The van der Waals surface area contributed by atoms with Crippen molar-refractivity contribution in [3.05, 3.63) is 65.2 Å². The molecule has 0 bridgehead atoms. The zero-order valence-electron chi connectivity index (χ0n) is 20.0. The summed E-state index contributed by atoms with van der Waals surface area (Å²) in [6.45, 7) is 7.56. The fourth-order valence-corrected chi connectivity index (χ4v) is 6.66. The summed E-state index contributed by atoms with van der Waals surface area (Å²) in [5.74, 6) is 1.46. The summed E-state index contributed by atoms with van der Waals surface area (Å²) in [5.41, 5.74) is 5.69. The summed E-state index contributed by atoms with van der Waals surface area (Å²) in [6, 6.07) is 18.0. The van der Waals surface area contributed by atoms with E-state index in [-0.39, 0.29) is 0 Å². The molecule has 0 spiro atoms. The largest absolute Gasteiger partial charge is 0.367 e. The van der Waals surface area contributed by atoms with Gasteiger partial charge in [0.25, 0.3) is 0 Å². The van der Waals surface area contributed by atoms with Gasteiger partial charge in [-0.1, -0.05) is 49.2 Å². The Kier molecular flexibility index (Phi) is 7.00. The minimum absolute atomic E-state index is 0.351. The van der Waals surface area contributed by atoms with Crippen LogP contribution < -0.4 is 4.90 Å². The molecule has 1 saturated carbocycles. The summed E-state index contributed by atoms with van der Waals surface area (Å²) < 4.78 is 24.4. The predicted molar refractivity (Wildman–Crippen MR) is 135 cm³/mol. The van der Waals surface area contributed by atoms with Gasteiger partial charge in [0.15, 0.2) is 9.84 Å². The van der Waals surface area contributed by atoms with Crippen LogP contribution in [0.1, 0.15) is 69.6 Å². The second-order valence-electron chi connectivity index (χ2n) is 10.9. The molecule has 0 aromatic heterocycles. The normalized spacial score (nSPS) is 21.9. The lowest BCUT2D eigenvalue weighted by molar-refractivity contribution is 0.278. The molecule has 0 saturated heterocycles. The van der Waals surface area contributed by atoms with Crippen LogP contribution in [-0.4, -0.2) is 25.5 Å². The molecule has 2 aromatic rings. The summed E-state index contributed by atoms with van der Waals surface area (Å²) in [5, 5.41) is 0. The van der Waals surface area contributed by atoms with Crippen molar-refractivity contribution in [1.29, 1.82) is 0 Å². The van der Waals surface area contributed by atoms with Crippen molar-refractivity contribution in [3.8, 4) is 0 Å². The third-order valence-corrected chi connectivity index (χ3v) is 10.4. The lowest BCUT2D eigenvalue weighted by atomic mass is 9.80. The molecule has 0 N–H and O–H groups in total. The van der Waals surface area contributed by atoms with Crippen LogP contribution >= 0.6 is 0 Å². The van der Waals surface area contributed by atoms with Gasteiger partial charge in [-0.15, -0.1) is 0 Å². The number of aryl methyl sites for hydroxylation is 1. The van der Waals surface area contributed by atoms with Crippen molar-refractivity contribution in [2.45, 2.75) is 77.0 Å². The van der Waals surface area contributed by atoms with Crippen LogP contribution in [0.3, 0.4) is 0 Å². The summed E-state index contributed by atoms with van der Waals surface area (Å²) in [4.78, 5) is 2.49. The second-order valence-corrected chi connectivity index (χ2v) is 13.7. The Labute approximate surface area is 195 Å². The van der Waals surface area contributed by atoms with E-state index in [1.165, 1.54) is 41.6 Å². The number of sulfone groups is 1. The van der Waals surface area contributed by atoms with Crippen LogP contribution in [0.4, 0.5) is 5.69 Å². The maximum atomic E-state index is 12.5. The molecule has 32 heavy (non-hydrogen) atoms. The van der Waals surface area contributed by atoms with E-state index in [2.05, 4.69) is 53.4 Å². The van der Waals surface area contributed by atoms with Crippen molar-refractivity contribution < 1.29 is 8.42 Å². The number of anilines is 1. The van der Waals surface area contributed by atoms with E-state index in [1.54, 1.807) is 0 Å². The highest BCUT2D eigenvalue weighted by Crippen LogP contribution is 2.34. The molecule has 1 fully saturated rings. The number of fused-ring (bicyclic) bond motifs is 1. The Morgan fingerprint density at radius 2 is 1.50 bits per heavy atom. The van der Waals surface area contributed by atoms with Crippen LogP contribution in [0, 0.1) is 11.8 Å². The topological polar surface area (TPSA) is 37.4 Å². The van der Waals surface area contributed by atoms with Gasteiger partial charge in [0, 0.05) is 18.8 Å². The van der Waals surface area contributed by atoms with Gasteiger partial charge < -0.3 is 4.90 Å². The first kappa shape index (κ1) is 23.4. The summed E-state index contributed by atoms with van der Waals surface area (Å²) >= 11 is 0. The Morgan fingerprint density at radius 1 is 0.875 bits per heavy atom. The highest BCUT2D eigenvalue weighted by molar-refractivity contribution is 7.92. The number of nitrogens with zero attached hydrogens (tertiary/aromatic N) is 1. The Bertz CT molecular complexity index is 996. The van der Waals surface area contributed by atoms with Gasteiger partial charge in [-0.2, -0.15) is 0 Å². The predicted octanol–water partition coefficient (Wildman–Crippen LogP) is 6.20. The molecular weight excluding hydrogens is 414 g/mol. The van der Waals surface area contributed by atoms with Crippen LogP contribution in [0.25, 0.3) is 0 Å². The summed E-state index contributed by atoms with van der Waals surface area (Å²) in [6.07, 6.45) is 7.95. The lowest BCUT2D eigenvalue weighted by Gasteiger charge is -2.31. The van der Waals surface area contributed by atoms with Crippen molar-refractivity contribution in [3.63, 3.8) is 0 Å². The number of benzene rings is 2. The van der Waals surface area contributed by atoms with Crippen molar-refractivity contribution in [2.75, 3.05) is 17.2 Å². The Hall–Kier alpha value is -1.81. The SMILES string of the molecule is CC(C)(C)S(=O)(=O)CC1CCC(CCc2ccc(N3CCc4ccccc4C3)cc2)CC1. The van der Waals surface area contributed by atoms with Gasteiger partial charge in [-0.05, 0) is 93.5 Å².